The van der Waals surface area contributed by atoms with E-state index < -0.39 is 18.0 Å². The molecule has 1 N–H and O–H groups in total. The Morgan fingerprint density at radius 3 is 2.28 bits per heavy atom. The van der Waals surface area contributed by atoms with Crippen LogP contribution in [0, 0.1) is 0 Å². The number of nitrogens with one attached hydrogen (secondary N) is 1. The van der Waals surface area contributed by atoms with Gasteiger partial charge in [-0.2, -0.15) is 5.10 Å². The van der Waals surface area contributed by atoms with Crippen LogP contribution in [0.5, 0.6) is 34.5 Å². The van der Waals surface area contributed by atoms with Crippen LogP contribution < -0.4 is 33.8 Å². The number of carbonyl (C=O) groups is 2. The molecule has 0 bridgehead atoms. The zero-order valence-electron chi connectivity index (χ0n) is 19.8. The molecule has 0 spiro atoms. The summed E-state index contributed by atoms with van der Waals surface area (Å²) in [7, 11) is 4.38. The summed E-state index contributed by atoms with van der Waals surface area (Å²) in [5.74, 6) is 1.16. The van der Waals surface area contributed by atoms with E-state index in [0.29, 0.717) is 34.3 Å². The summed E-state index contributed by atoms with van der Waals surface area (Å²) < 4.78 is 32.7. The third-order valence-corrected chi connectivity index (χ3v) is 5.20. The molecule has 1 aliphatic rings. The van der Waals surface area contributed by atoms with Crippen molar-refractivity contribution in [1.82, 2.24) is 5.43 Å². The van der Waals surface area contributed by atoms with E-state index in [2.05, 4.69) is 10.5 Å². The van der Waals surface area contributed by atoms with Gasteiger partial charge in [0.15, 0.2) is 23.0 Å². The molecular weight excluding hydrogens is 468 g/mol. The van der Waals surface area contributed by atoms with E-state index >= 15 is 0 Å². The van der Waals surface area contributed by atoms with Gasteiger partial charge in [0.1, 0.15) is 12.4 Å². The molecule has 1 aliphatic heterocycles. The third kappa shape index (κ3) is 5.33. The summed E-state index contributed by atoms with van der Waals surface area (Å²) in [6.45, 7) is 0.0569. The third-order valence-electron chi connectivity index (χ3n) is 5.20. The average Bonchev–Trinajstić information content (AvgIpc) is 2.92. The number of esters is 1. The maximum Gasteiger partial charge on any atom is 0.343 e. The van der Waals surface area contributed by atoms with E-state index in [1.807, 2.05) is 6.07 Å². The first kappa shape index (κ1) is 24.4. The number of para-hydroxylation sites is 3. The number of carbonyl (C=O) groups excluding carboxylic acids is 2. The van der Waals surface area contributed by atoms with Crippen molar-refractivity contribution in [3.05, 3.63) is 71.8 Å². The predicted octanol–water partition coefficient (Wildman–Crippen LogP) is 3.22. The molecule has 4 rings (SSSR count). The van der Waals surface area contributed by atoms with Gasteiger partial charge in [-0.05, 0) is 36.4 Å². The van der Waals surface area contributed by atoms with Gasteiger partial charge in [0.05, 0.1) is 33.1 Å². The number of benzene rings is 3. The second kappa shape index (κ2) is 11.1. The first-order chi connectivity index (χ1) is 17.5. The molecule has 10 heteroatoms. The predicted molar refractivity (Wildman–Crippen MR) is 130 cm³/mol. The van der Waals surface area contributed by atoms with Crippen LogP contribution in [0.25, 0.3) is 0 Å². The van der Waals surface area contributed by atoms with Crippen molar-refractivity contribution >= 4 is 18.1 Å². The smallest absolute Gasteiger partial charge is 0.343 e. The van der Waals surface area contributed by atoms with Gasteiger partial charge in [-0.15, -0.1) is 0 Å². The van der Waals surface area contributed by atoms with Crippen molar-refractivity contribution in [3.63, 3.8) is 0 Å². The van der Waals surface area contributed by atoms with Gasteiger partial charge < -0.3 is 28.4 Å². The SMILES string of the molecule is COc1cc(C(=O)Oc2ccccc2/C=N\NC(=O)[C@H]2COc3ccccc3O2)cc(OC)c1OC. The first-order valence-electron chi connectivity index (χ1n) is 10.9. The van der Waals surface area contributed by atoms with Crippen molar-refractivity contribution in [2.45, 2.75) is 6.10 Å². The van der Waals surface area contributed by atoms with Crippen molar-refractivity contribution in [2.75, 3.05) is 27.9 Å². The Balaban J connectivity index is 1.44. The Hall–Kier alpha value is -4.73. The minimum absolute atomic E-state index is 0.0569. The molecular formula is C26H24N2O8. The summed E-state index contributed by atoms with van der Waals surface area (Å²) in [4.78, 5) is 25.3. The fourth-order valence-electron chi connectivity index (χ4n) is 3.42. The number of nitrogens with zero attached hydrogens (tertiary/aromatic N) is 1. The number of rotatable bonds is 8. The van der Waals surface area contributed by atoms with Crippen molar-refractivity contribution < 1.29 is 38.0 Å². The Kier molecular flexibility index (Phi) is 7.54. The molecule has 0 saturated heterocycles. The molecule has 0 aromatic heterocycles. The highest BCUT2D eigenvalue weighted by Gasteiger charge is 2.27. The topological polar surface area (TPSA) is 114 Å². The summed E-state index contributed by atoms with van der Waals surface area (Å²) in [6, 6.07) is 16.8. The molecule has 1 amide bonds. The number of fused-ring (bicyclic) bond motifs is 1. The molecule has 0 fully saturated rings. The van der Waals surface area contributed by atoms with Crippen LogP contribution in [-0.2, 0) is 4.79 Å². The van der Waals surface area contributed by atoms with Crippen LogP contribution in [0.4, 0.5) is 0 Å². The molecule has 3 aromatic carbocycles. The second-order valence-electron chi connectivity index (χ2n) is 7.44. The normalized spacial score (nSPS) is 14.1. The van der Waals surface area contributed by atoms with Gasteiger partial charge in [-0.25, -0.2) is 10.2 Å². The van der Waals surface area contributed by atoms with Gasteiger partial charge in [-0.1, -0.05) is 24.3 Å². The largest absolute Gasteiger partial charge is 0.493 e. The maximum atomic E-state index is 12.9. The molecule has 0 saturated carbocycles. The molecule has 0 aliphatic carbocycles. The van der Waals surface area contributed by atoms with E-state index in [1.165, 1.54) is 39.7 Å². The highest BCUT2D eigenvalue weighted by Crippen LogP contribution is 2.38. The van der Waals surface area contributed by atoms with Crippen LogP contribution in [0.1, 0.15) is 15.9 Å². The molecule has 0 radical (unpaired) electrons. The van der Waals surface area contributed by atoms with Crippen molar-refractivity contribution in [2.24, 2.45) is 5.10 Å². The van der Waals surface area contributed by atoms with Crippen molar-refractivity contribution in [3.8, 4) is 34.5 Å². The van der Waals surface area contributed by atoms with Crippen molar-refractivity contribution in [1.29, 1.82) is 0 Å². The maximum absolute atomic E-state index is 12.9. The summed E-state index contributed by atoms with van der Waals surface area (Å²) >= 11 is 0. The quantitative estimate of drug-likeness (QED) is 0.221. The van der Waals surface area contributed by atoms with E-state index in [1.54, 1.807) is 42.5 Å². The molecule has 0 unspecified atom stereocenters. The Labute approximate surface area is 207 Å². The number of hydrogen-bond donors (Lipinski definition) is 1. The molecule has 1 heterocycles. The molecule has 36 heavy (non-hydrogen) atoms. The minimum atomic E-state index is -0.856. The van der Waals surface area contributed by atoms with Gasteiger partial charge in [-0.3, -0.25) is 4.79 Å². The van der Waals surface area contributed by atoms with Crippen LogP contribution in [-0.4, -0.2) is 52.1 Å². The number of amides is 1. The van der Waals surface area contributed by atoms with E-state index in [-0.39, 0.29) is 17.9 Å². The van der Waals surface area contributed by atoms with Gasteiger partial charge >= 0.3 is 5.97 Å². The lowest BCUT2D eigenvalue weighted by Crippen LogP contribution is -2.42. The number of methoxy groups -OCH3 is 3. The number of hydrazone groups is 1. The molecule has 10 nitrogen and oxygen atoms in total. The summed E-state index contributed by atoms with van der Waals surface area (Å²) in [5, 5.41) is 3.98. The molecule has 3 aromatic rings. The minimum Gasteiger partial charge on any atom is -0.493 e. The van der Waals surface area contributed by atoms with Gasteiger partial charge in [0, 0.05) is 5.56 Å². The lowest BCUT2D eigenvalue weighted by atomic mass is 10.1. The van der Waals surface area contributed by atoms with Gasteiger partial charge in [0.25, 0.3) is 5.91 Å². The fourth-order valence-corrected chi connectivity index (χ4v) is 3.42. The van der Waals surface area contributed by atoms with E-state index in [4.69, 9.17) is 28.4 Å². The fraction of sp³-hybridized carbons (Fsp3) is 0.192. The van der Waals surface area contributed by atoms with E-state index in [0.717, 1.165) is 0 Å². The van der Waals surface area contributed by atoms with Crippen LogP contribution in [0.3, 0.4) is 0 Å². The summed E-state index contributed by atoms with van der Waals surface area (Å²) in [5.41, 5.74) is 3.08. The van der Waals surface area contributed by atoms with Crippen LogP contribution in [0.2, 0.25) is 0 Å². The first-order valence-corrected chi connectivity index (χ1v) is 10.9. The highest BCUT2D eigenvalue weighted by atomic mass is 16.6. The Morgan fingerprint density at radius 1 is 0.917 bits per heavy atom. The molecule has 186 valence electrons. The Morgan fingerprint density at radius 2 is 1.58 bits per heavy atom. The Bertz CT molecular complexity index is 1270. The van der Waals surface area contributed by atoms with Crippen LogP contribution >= 0.6 is 0 Å². The number of ether oxygens (including phenoxy) is 6. The second-order valence-corrected chi connectivity index (χ2v) is 7.44. The molecule has 1 atom stereocenters. The van der Waals surface area contributed by atoms with E-state index in [9.17, 15) is 9.59 Å². The number of hydrogen-bond acceptors (Lipinski definition) is 9. The van der Waals surface area contributed by atoms with Gasteiger partial charge in [0.2, 0.25) is 11.9 Å². The highest BCUT2D eigenvalue weighted by molar-refractivity contribution is 5.94. The zero-order chi connectivity index (χ0) is 25.5. The average molecular weight is 492 g/mol. The lowest BCUT2D eigenvalue weighted by Gasteiger charge is -2.24. The van der Waals surface area contributed by atoms with Crippen LogP contribution in [0.15, 0.2) is 65.8 Å². The zero-order valence-corrected chi connectivity index (χ0v) is 19.8. The lowest BCUT2D eigenvalue weighted by molar-refractivity contribution is -0.130. The standard InChI is InChI=1S/C26H24N2O8/c1-31-21-12-17(13-22(32-2)24(21)33-3)26(30)36-18-9-5-4-8-16(18)14-27-28-25(29)23-15-34-19-10-6-7-11-20(19)35-23/h4-14,23H,15H2,1-3H3,(H,28,29)/b27-14-/t23-/m1/s1. The summed E-state index contributed by atoms with van der Waals surface area (Å²) in [6.07, 6.45) is 0.512. The monoisotopic (exact) mass is 492 g/mol.